The highest BCUT2D eigenvalue weighted by Crippen LogP contribution is 2.40. The van der Waals surface area contributed by atoms with Crippen molar-refractivity contribution in [1.29, 1.82) is 0 Å². The molecule has 1 saturated heterocycles. The molecular formula is C16H19N5O2. The highest BCUT2D eigenvalue weighted by molar-refractivity contribution is 5.92. The fourth-order valence-corrected chi connectivity index (χ4v) is 3.01. The third-order valence-corrected chi connectivity index (χ3v) is 4.56. The van der Waals surface area contributed by atoms with E-state index in [0.29, 0.717) is 17.5 Å². The number of aromatic nitrogens is 3. The molecule has 4 rings (SSSR count). The molecule has 0 radical (unpaired) electrons. The Morgan fingerprint density at radius 2 is 2.26 bits per heavy atom. The normalized spacial score (nSPS) is 24.0. The second-order valence-corrected chi connectivity index (χ2v) is 6.42. The first-order valence-electron chi connectivity index (χ1n) is 7.99. The van der Waals surface area contributed by atoms with E-state index in [1.165, 1.54) is 0 Å². The highest BCUT2D eigenvalue weighted by Gasteiger charge is 2.33. The fourth-order valence-electron chi connectivity index (χ4n) is 3.01. The average molecular weight is 313 g/mol. The molecule has 1 aliphatic carbocycles. The molecule has 2 aromatic rings. The lowest BCUT2D eigenvalue weighted by molar-refractivity contribution is 0.0924. The van der Waals surface area contributed by atoms with Crippen molar-refractivity contribution >= 4 is 11.7 Å². The molecule has 2 aliphatic rings. The van der Waals surface area contributed by atoms with Gasteiger partial charge in [-0.2, -0.15) is 0 Å². The number of nitrogens with one attached hydrogen (secondary N) is 1. The zero-order valence-electron chi connectivity index (χ0n) is 13.0. The van der Waals surface area contributed by atoms with E-state index in [1.807, 2.05) is 6.07 Å². The average Bonchev–Trinajstić information content (AvgIpc) is 3.18. The van der Waals surface area contributed by atoms with Crippen LogP contribution in [0.3, 0.4) is 0 Å². The van der Waals surface area contributed by atoms with Gasteiger partial charge in [0.15, 0.2) is 5.69 Å². The first-order chi connectivity index (χ1) is 11.2. The smallest absolute Gasteiger partial charge is 0.273 e. The predicted octanol–water partition coefficient (Wildman–Crippen LogP) is 1.60. The maximum absolute atomic E-state index is 12.4. The van der Waals surface area contributed by atoms with Crippen LogP contribution in [0.5, 0.6) is 0 Å². The van der Waals surface area contributed by atoms with Crippen LogP contribution in [0.4, 0.5) is 5.82 Å². The van der Waals surface area contributed by atoms with E-state index < -0.39 is 0 Å². The van der Waals surface area contributed by atoms with Crippen molar-refractivity contribution in [2.24, 2.45) is 5.92 Å². The van der Waals surface area contributed by atoms with Crippen LogP contribution in [0, 0.1) is 5.92 Å². The van der Waals surface area contributed by atoms with Crippen molar-refractivity contribution in [2.75, 3.05) is 18.0 Å². The summed E-state index contributed by atoms with van der Waals surface area (Å²) in [5.74, 6) is 2.35. The lowest BCUT2D eigenvalue weighted by Crippen LogP contribution is -2.40. The summed E-state index contributed by atoms with van der Waals surface area (Å²) >= 11 is 0. The first-order valence-corrected chi connectivity index (χ1v) is 7.99. The number of anilines is 1. The molecule has 2 fully saturated rings. The maximum Gasteiger partial charge on any atom is 0.273 e. The van der Waals surface area contributed by atoms with Crippen molar-refractivity contribution in [3.63, 3.8) is 0 Å². The molecule has 7 heteroatoms. The third kappa shape index (κ3) is 2.91. The second kappa shape index (κ2) is 5.64. The molecule has 2 atom stereocenters. The quantitative estimate of drug-likeness (QED) is 0.923. The number of hydrogen-bond donors (Lipinski definition) is 1. The lowest BCUT2D eigenvalue weighted by Gasteiger charge is -2.17. The predicted molar refractivity (Wildman–Crippen MR) is 83.1 cm³/mol. The Morgan fingerprint density at radius 3 is 3.00 bits per heavy atom. The Bertz CT molecular complexity index is 698. The van der Waals surface area contributed by atoms with Gasteiger partial charge in [0, 0.05) is 31.3 Å². The Balaban J connectivity index is 1.40. The first kappa shape index (κ1) is 14.2. The molecule has 0 unspecified atom stereocenters. The van der Waals surface area contributed by atoms with Gasteiger partial charge in [0.2, 0.25) is 0 Å². The minimum atomic E-state index is -0.165. The summed E-state index contributed by atoms with van der Waals surface area (Å²) in [6.45, 7) is 3.72. The van der Waals surface area contributed by atoms with Crippen LogP contribution >= 0.6 is 0 Å². The zero-order chi connectivity index (χ0) is 15.8. The van der Waals surface area contributed by atoms with E-state index in [0.717, 1.165) is 37.5 Å². The van der Waals surface area contributed by atoms with Gasteiger partial charge in [-0.05, 0) is 24.8 Å². The molecule has 23 heavy (non-hydrogen) atoms. The minimum absolute atomic E-state index is 0.0681. The summed E-state index contributed by atoms with van der Waals surface area (Å²) < 4.78 is 5.25. The van der Waals surface area contributed by atoms with Gasteiger partial charge in [0.05, 0.1) is 6.04 Å². The Morgan fingerprint density at radius 1 is 1.39 bits per heavy atom. The number of amides is 1. The van der Waals surface area contributed by atoms with E-state index in [-0.39, 0.29) is 11.9 Å². The summed E-state index contributed by atoms with van der Waals surface area (Å²) in [4.78, 5) is 22.7. The summed E-state index contributed by atoms with van der Waals surface area (Å²) in [5.41, 5.74) is 0.375. The summed E-state index contributed by atoms with van der Waals surface area (Å²) in [6.07, 6.45) is 5.53. The van der Waals surface area contributed by atoms with Gasteiger partial charge in [0.1, 0.15) is 17.9 Å². The Kier molecular flexibility index (Phi) is 3.48. The third-order valence-electron chi connectivity index (χ3n) is 4.56. The van der Waals surface area contributed by atoms with E-state index in [4.69, 9.17) is 4.52 Å². The molecule has 1 amide bonds. The maximum atomic E-state index is 12.4. The van der Waals surface area contributed by atoms with Gasteiger partial charge >= 0.3 is 0 Å². The Hall–Kier alpha value is -2.44. The van der Waals surface area contributed by atoms with Crippen LogP contribution in [0.15, 0.2) is 29.2 Å². The largest absolute Gasteiger partial charge is 0.360 e. The fraction of sp³-hybridized carbons (Fsp3) is 0.500. The molecule has 1 N–H and O–H groups in total. The minimum Gasteiger partial charge on any atom is -0.360 e. The van der Waals surface area contributed by atoms with E-state index in [2.05, 4.69) is 32.3 Å². The molecular weight excluding hydrogens is 294 g/mol. The molecule has 2 aromatic heterocycles. The number of hydrogen-bond acceptors (Lipinski definition) is 6. The lowest BCUT2D eigenvalue weighted by atomic mass is 10.1. The molecule has 3 heterocycles. The molecule has 7 nitrogen and oxygen atoms in total. The van der Waals surface area contributed by atoms with Crippen LogP contribution in [-0.4, -0.2) is 40.2 Å². The van der Waals surface area contributed by atoms with Gasteiger partial charge in [0.25, 0.3) is 5.91 Å². The van der Waals surface area contributed by atoms with Gasteiger partial charge in [-0.15, -0.1) is 0 Å². The van der Waals surface area contributed by atoms with Crippen LogP contribution in [-0.2, 0) is 0 Å². The number of carbonyl (C=O) groups is 1. The standard InChI is InChI=1S/C16H19N5O2/c1-10-7-21(15-4-5-17-9-18-15)8-13(10)19-16(22)12-6-14(23-20-12)11-2-3-11/h4-6,9-11,13H,2-3,7-8H2,1H3,(H,19,22)/t10-,13-/m0/s1. The van der Waals surface area contributed by atoms with Crippen LogP contribution in [0.1, 0.15) is 41.9 Å². The second-order valence-electron chi connectivity index (χ2n) is 6.42. The Labute approximate surface area is 134 Å². The highest BCUT2D eigenvalue weighted by atomic mass is 16.5. The van der Waals surface area contributed by atoms with E-state index in [9.17, 15) is 4.79 Å². The van der Waals surface area contributed by atoms with Gasteiger partial charge in [-0.3, -0.25) is 4.79 Å². The zero-order valence-corrected chi connectivity index (χ0v) is 13.0. The van der Waals surface area contributed by atoms with Gasteiger partial charge in [-0.25, -0.2) is 9.97 Å². The van der Waals surface area contributed by atoms with Crippen LogP contribution in [0.2, 0.25) is 0 Å². The summed E-state index contributed by atoms with van der Waals surface area (Å²) in [6, 6.07) is 3.73. The molecule has 1 saturated carbocycles. The molecule has 0 bridgehead atoms. The van der Waals surface area contributed by atoms with Crippen molar-refractivity contribution in [3.05, 3.63) is 36.1 Å². The van der Waals surface area contributed by atoms with Crippen molar-refractivity contribution in [3.8, 4) is 0 Å². The monoisotopic (exact) mass is 313 g/mol. The van der Waals surface area contributed by atoms with Crippen molar-refractivity contribution in [2.45, 2.75) is 31.7 Å². The topological polar surface area (TPSA) is 84.2 Å². The van der Waals surface area contributed by atoms with E-state index >= 15 is 0 Å². The van der Waals surface area contributed by atoms with Crippen molar-refractivity contribution in [1.82, 2.24) is 20.4 Å². The molecule has 0 aromatic carbocycles. The van der Waals surface area contributed by atoms with Gasteiger partial charge < -0.3 is 14.7 Å². The summed E-state index contributed by atoms with van der Waals surface area (Å²) in [7, 11) is 0. The molecule has 0 spiro atoms. The molecule has 1 aliphatic heterocycles. The summed E-state index contributed by atoms with van der Waals surface area (Å²) in [5, 5.41) is 6.97. The molecule has 120 valence electrons. The number of rotatable bonds is 4. The van der Waals surface area contributed by atoms with Crippen molar-refractivity contribution < 1.29 is 9.32 Å². The van der Waals surface area contributed by atoms with E-state index in [1.54, 1.807) is 18.6 Å². The number of nitrogens with zero attached hydrogens (tertiary/aromatic N) is 4. The van der Waals surface area contributed by atoms with Crippen LogP contribution < -0.4 is 10.2 Å². The van der Waals surface area contributed by atoms with Crippen LogP contribution in [0.25, 0.3) is 0 Å². The van der Waals surface area contributed by atoms with Gasteiger partial charge in [-0.1, -0.05) is 12.1 Å². The SMILES string of the molecule is C[C@H]1CN(c2ccncn2)C[C@@H]1NC(=O)c1cc(C2CC2)on1. The number of carbonyl (C=O) groups excluding carboxylic acids is 1.